The van der Waals surface area contributed by atoms with E-state index in [1.807, 2.05) is 38.4 Å². The Morgan fingerprint density at radius 3 is 2.76 bits per heavy atom. The van der Waals surface area contributed by atoms with E-state index in [1.54, 1.807) is 0 Å². The van der Waals surface area contributed by atoms with Crippen molar-refractivity contribution in [3.63, 3.8) is 0 Å². The number of rotatable bonds is 6. The molecule has 4 nitrogen and oxygen atoms in total. The van der Waals surface area contributed by atoms with Gasteiger partial charge in [-0.05, 0) is 31.8 Å². The number of esters is 1. The Labute approximate surface area is 102 Å². The molecule has 4 heteroatoms. The summed E-state index contributed by atoms with van der Waals surface area (Å²) in [5.74, 6) is 0.545. The second-order valence-corrected chi connectivity index (χ2v) is 4.05. The molecule has 0 unspecified atom stereocenters. The molecule has 0 aliphatic heterocycles. The number of methoxy groups -OCH3 is 1. The number of ether oxygens (including phenoxy) is 2. The number of benzene rings is 1. The van der Waals surface area contributed by atoms with Crippen LogP contribution >= 0.6 is 0 Å². The average Bonchev–Trinajstić information content (AvgIpc) is 2.29. The molecule has 1 rings (SSSR count). The molecule has 0 radical (unpaired) electrons. The van der Waals surface area contributed by atoms with Crippen LogP contribution in [0.1, 0.15) is 5.56 Å². The maximum Gasteiger partial charge on any atom is 0.309 e. The van der Waals surface area contributed by atoms with E-state index in [-0.39, 0.29) is 12.4 Å². The quantitative estimate of drug-likeness (QED) is 0.700. The normalized spacial score (nSPS) is 10.4. The van der Waals surface area contributed by atoms with E-state index >= 15 is 0 Å². The third-order valence-electron chi connectivity index (χ3n) is 2.28. The van der Waals surface area contributed by atoms with Crippen LogP contribution in [0.3, 0.4) is 0 Å². The molecule has 0 aliphatic carbocycles. The van der Waals surface area contributed by atoms with Gasteiger partial charge in [-0.3, -0.25) is 4.79 Å². The highest BCUT2D eigenvalue weighted by Crippen LogP contribution is 2.14. The van der Waals surface area contributed by atoms with Gasteiger partial charge in [-0.25, -0.2) is 0 Å². The van der Waals surface area contributed by atoms with Crippen LogP contribution < -0.4 is 4.74 Å². The van der Waals surface area contributed by atoms with Crippen LogP contribution in [-0.2, 0) is 16.0 Å². The molecular formula is C13H19NO3. The van der Waals surface area contributed by atoms with Gasteiger partial charge in [-0.1, -0.05) is 12.1 Å². The largest absolute Gasteiger partial charge is 0.492 e. The molecule has 0 saturated carbocycles. The van der Waals surface area contributed by atoms with Crippen molar-refractivity contribution < 1.29 is 14.3 Å². The lowest BCUT2D eigenvalue weighted by Gasteiger charge is -2.11. The molecule has 0 saturated heterocycles. The molecule has 0 atom stereocenters. The van der Waals surface area contributed by atoms with E-state index in [2.05, 4.69) is 9.64 Å². The summed E-state index contributed by atoms with van der Waals surface area (Å²) >= 11 is 0. The van der Waals surface area contributed by atoms with Crippen LogP contribution in [0.25, 0.3) is 0 Å². The van der Waals surface area contributed by atoms with Gasteiger partial charge in [0.15, 0.2) is 0 Å². The van der Waals surface area contributed by atoms with E-state index in [1.165, 1.54) is 7.11 Å². The summed E-state index contributed by atoms with van der Waals surface area (Å²) in [6.07, 6.45) is 0.279. The van der Waals surface area contributed by atoms with Gasteiger partial charge in [-0.15, -0.1) is 0 Å². The predicted octanol–water partition coefficient (Wildman–Crippen LogP) is 1.34. The lowest BCUT2D eigenvalue weighted by molar-refractivity contribution is -0.139. The summed E-state index contributed by atoms with van der Waals surface area (Å²) < 4.78 is 10.2. The van der Waals surface area contributed by atoms with E-state index in [0.29, 0.717) is 6.61 Å². The second kappa shape index (κ2) is 6.91. The highest BCUT2D eigenvalue weighted by Gasteiger charge is 2.03. The average molecular weight is 237 g/mol. The van der Waals surface area contributed by atoms with Crippen molar-refractivity contribution in [2.45, 2.75) is 6.42 Å². The molecule has 17 heavy (non-hydrogen) atoms. The third-order valence-corrected chi connectivity index (χ3v) is 2.28. The molecule has 0 N–H and O–H groups in total. The summed E-state index contributed by atoms with van der Waals surface area (Å²) in [6, 6.07) is 7.52. The molecule has 0 aromatic heterocycles. The van der Waals surface area contributed by atoms with Gasteiger partial charge >= 0.3 is 5.97 Å². The van der Waals surface area contributed by atoms with Gasteiger partial charge in [0.1, 0.15) is 12.4 Å². The van der Waals surface area contributed by atoms with Crippen molar-refractivity contribution in [2.75, 3.05) is 34.4 Å². The standard InChI is InChI=1S/C13H19NO3/c1-14(2)7-8-17-12-6-4-5-11(9-12)10-13(15)16-3/h4-6,9H,7-8,10H2,1-3H3. The fourth-order valence-electron chi connectivity index (χ4n) is 1.33. The zero-order valence-electron chi connectivity index (χ0n) is 10.6. The minimum atomic E-state index is -0.240. The lowest BCUT2D eigenvalue weighted by atomic mass is 10.1. The van der Waals surface area contributed by atoms with Crippen LogP contribution in [0, 0.1) is 0 Å². The SMILES string of the molecule is COC(=O)Cc1cccc(OCCN(C)C)c1. The second-order valence-electron chi connectivity index (χ2n) is 4.05. The number of carbonyl (C=O) groups excluding carboxylic acids is 1. The summed E-state index contributed by atoms with van der Waals surface area (Å²) in [5.41, 5.74) is 0.902. The molecule has 0 spiro atoms. The third kappa shape index (κ3) is 5.36. The monoisotopic (exact) mass is 237 g/mol. The van der Waals surface area contributed by atoms with Crippen molar-refractivity contribution in [2.24, 2.45) is 0 Å². The minimum Gasteiger partial charge on any atom is -0.492 e. The highest BCUT2D eigenvalue weighted by molar-refractivity contribution is 5.72. The van der Waals surface area contributed by atoms with Crippen LogP contribution in [0.4, 0.5) is 0 Å². The first kappa shape index (κ1) is 13.5. The zero-order valence-corrected chi connectivity index (χ0v) is 10.6. The van der Waals surface area contributed by atoms with Gasteiger partial charge in [-0.2, -0.15) is 0 Å². The Kier molecular flexibility index (Phi) is 5.49. The Hall–Kier alpha value is -1.55. The van der Waals surface area contributed by atoms with Crippen molar-refractivity contribution in [1.29, 1.82) is 0 Å². The smallest absolute Gasteiger partial charge is 0.309 e. The van der Waals surface area contributed by atoms with Crippen molar-refractivity contribution in [3.8, 4) is 5.75 Å². The summed E-state index contributed by atoms with van der Waals surface area (Å²) in [4.78, 5) is 13.2. The molecule has 0 fully saturated rings. The first-order valence-corrected chi connectivity index (χ1v) is 5.55. The van der Waals surface area contributed by atoms with Gasteiger partial charge < -0.3 is 14.4 Å². The van der Waals surface area contributed by atoms with E-state index in [9.17, 15) is 4.79 Å². The van der Waals surface area contributed by atoms with Crippen LogP contribution in [0.5, 0.6) is 5.75 Å². The molecule has 0 heterocycles. The molecule has 1 aromatic rings. The Morgan fingerprint density at radius 2 is 2.12 bits per heavy atom. The van der Waals surface area contributed by atoms with Gasteiger partial charge in [0.05, 0.1) is 13.5 Å². The van der Waals surface area contributed by atoms with Gasteiger partial charge in [0.25, 0.3) is 0 Å². The topological polar surface area (TPSA) is 38.8 Å². The predicted molar refractivity (Wildman–Crippen MR) is 66.2 cm³/mol. The van der Waals surface area contributed by atoms with Crippen molar-refractivity contribution in [1.82, 2.24) is 4.90 Å². The maximum absolute atomic E-state index is 11.1. The first-order chi connectivity index (χ1) is 8.11. The van der Waals surface area contributed by atoms with Crippen molar-refractivity contribution >= 4 is 5.97 Å². The fraction of sp³-hybridized carbons (Fsp3) is 0.462. The first-order valence-electron chi connectivity index (χ1n) is 5.55. The lowest BCUT2D eigenvalue weighted by Crippen LogP contribution is -2.19. The molecule has 0 aliphatic rings. The molecular weight excluding hydrogens is 218 g/mol. The molecule has 0 amide bonds. The molecule has 1 aromatic carbocycles. The van der Waals surface area contributed by atoms with E-state index in [4.69, 9.17) is 4.74 Å². The van der Waals surface area contributed by atoms with E-state index in [0.717, 1.165) is 17.9 Å². The number of hydrogen-bond donors (Lipinski definition) is 0. The summed E-state index contributed by atoms with van der Waals surface area (Å²) in [6.45, 7) is 1.50. The highest BCUT2D eigenvalue weighted by atomic mass is 16.5. The summed E-state index contributed by atoms with van der Waals surface area (Å²) in [5, 5.41) is 0. The number of hydrogen-bond acceptors (Lipinski definition) is 4. The number of likely N-dealkylation sites (N-methyl/N-ethyl adjacent to an activating group) is 1. The maximum atomic E-state index is 11.1. The van der Waals surface area contributed by atoms with Gasteiger partial charge in [0.2, 0.25) is 0 Å². The van der Waals surface area contributed by atoms with Crippen LogP contribution in [-0.4, -0.2) is 45.2 Å². The number of carbonyl (C=O) groups is 1. The Morgan fingerprint density at radius 1 is 1.35 bits per heavy atom. The van der Waals surface area contributed by atoms with Crippen LogP contribution in [0.2, 0.25) is 0 Å². The molecule has 0 bridgehead atoms. The Balaban J connectivity index is 2.50. The molecule has 94 valence electrons. The number of nitrogens with zero attached hydrogens (tertiary/aromatic N) is 1. The van der Waals surface area contributed by atoms with Gasteiger partial charge in [0, 0.05) is 6.54 Å². The zero-order chi connectivity index (χ0) is 12.7. The van der Waals surface area contributed by atoms with Crippen molar-refractivity contribution in [3.05, 3.63) is 29.8 Å². The van der Waals surface area contributed by atoms with E-state index < -0.39 is 0 Å². The fourth-order valence-corrected chi connectivity index (χ4v) is 1.33. The minimum absolute atomic E-state index is 0.240. The Bertz CT molecular complexity index is 363. The van der Waals surface area contributed by atoms with Crippen LogP contribution in [0.15, 0.2) is 24.3 Å². The summed E-state index contributed by atoms with van der Waals surface area (Å²) in [7, 11) is 5.38.